The SMILES string of the molecule is CC(C)C(CBr)CN1CCN(C)CC1. The van der Waals surface area contributed by atoms with Crippen molar-refractivity contribution in [3.8, 4) is 0 Å². The summed E-state index contributed by atoms with van der Waals surface area (Å²) < 4.78 is 0. The molecular formula is C11H23BrN2. The van der Waals surface area contributed by atoms with Crippen LogP contribution in [0.1, 0.15) is 13.8 Å². The highest BCUT2D eigenvalue weighted by molar-refractivity contribution is 9.09. The fourth-order valence-corrected chi connectivity index (χ4v) is 2.75. The van der Waals surface area contributed by atoms with Crippen LogP contribution in [0.25, 0.3) is 0 Å². The van der Waals surface area contributed by atoms with Gasteiger partial charge in [-0.1, -0.05) is 29.8 Å². The molecule has 1 heterocycles. The van der Waals surface area contributed by atoms with Crippen LogP contribution in [-0.4, -0.2) is 54.9 Å². The maximum Gasteiger partial charge on any atom is 0.0110 e. The average Bonchev–Trinajstić information content (AvgIpc) is 2.16. The molecule has 1 saturated heterocycles. The molecule has 0 aromatic heterocycles. The van der Waals surface area contributed by atoms with E-state index < -0.39 is 0 Å². The molecule has 0 aliphatic carbocycles. The van der Waals surface area contributed by atoms with Crippen molar-refractivity contribution >= 4 is 15.9 Å². The number of nitrogens with zero attached hydrogens (tertiary/aromatic N) is 2. The number of alkyl halides is 1. The third-order valence-corrected chi connectivity index (χ3v) is 4.06. The molecule has 2 nitrogen and oxygen atoms in total. The van der Waals surface area contributed by atoms with Gasteiger partial charge in [-0.2, -0.15) is 0 Å². The Morgan fingerprint density at radius 1 is 1.14 bits per heavy atom. The minimum absolute atomic E-state index is 0.786. The van der Waals surface area contributed by atoms with Crippen LogP contribution in [0.3, 0.4) is 0 Å². The van der Waals surface area contributed by atoms with Gasteiger partial charge in [0.25, 0.3) is 0 Å². The van der Waals surface area contributed by atoms with E-state index in [2.05, 4.69) is 46.6 Å². The first-order valence-electron chi connectivity index (χ1n) is 5.60. The number of piperazine rings is 1. The van der Waals surface area contributed by atoms with E-state index in [1.165, 1.54) is 32.7 Å². The lowest BCUT2D eigenvalue weighted by Gasteiger charge is -2.35. The van der Waals surface area contributed by atoms with Crippen molar-refractivity contribution in [2.45, 2.75) is 13.8 Å². The van der Waals surface area contributed by atoms with Crippen LogP contribution in [0.5, 0.6) is 0 Å². The summed E-state index contributed by atoms with van der Waals surface area (Å²) in [4.78, 5) is 5.01. The van der Waals surface area contributed by atoms with E-state index in [0.29, 0.717) is 0 Å². The van der Waals surface area contributed by atoms with E-state index in [0.717, 1.165) is 17.2 Å². The Balaban J connectivity index is 2.29. The molecule has 0 amide bonds. The summed E-state index contributed by atoms with van der Waals surface area (Å²) in [6, 6.07) is 0. The van der Waals surface area contributed by atoms with Crippen LogP contribution in [0, 0.1) is 11.8 Å². The van der Waals surface area contributed by atoms with Gasteiger partial charge < -0.3 is 9.80 Å². The van der Waals surface area contributed by atoms with Crippen LogP contribution in [-0.2, 0) is 0 Å². The first-order chi connectivity index (χ1) is 6.63. The van der Waals surface area contributed by atoms with Gasteiger partial charge in [-0.3, -0.25) is 0 Å². The van der Waals surface area contributed by atoms with Crippen molar-refractivity contribution in [1.82, 2.24) is 9.80 Å². The lowest BCUT2D eigenvalue weighted by Crippen LogP contribution is -2.46. The van der Waals surface area contributed by atoms with Crippen molar-refractivity contribution in [3.63, 3.8) is 0 Å². The maximum absolute atomic E-state index is 3.62. The summed E-state index contributed by atoms with van der Waals surface area (Å²) >= 11 is 3.62. The van der Waals surface area contributed by atoms with E-state index in [4.69, 9.17) is 0 Å². The van der Waals surface area contributed by atoms with E-state index >= 15 is 0 Å². The smallest absolute Gasteiger partial charge is 0.0110 e. The summed E-state index contributed by atoms with van der Waals surface area (Å²) in [5.74, 6) is 1.59. The Bertz CT molecular complexity index is 153. The van der Waals surface area contributed by atoms with E-state index in [-0.39, 0.29) is 0 Å². The summed E-state index contributed by atoms with van der Waals surface area (Å²) in [6.45, 7) is 10.8. The molecule has 3 heteroatoms. The van der Waals surface area contributed by atoms with E-state index in [9.17, 15) is 0 Å². The molecule has 84 valence electrons. The van der Waals surface area contributed by atoms with Gasteiger partial charge in [0.05, 0.1) is 0 Å². The predicted molar refractivity (Wildman–Crippen MR) is 66.1 cm³/mol. The van der Waals surface area contributed by atoms with E-state index in [1.807, 2.05) is 0 Å². The van der Waals surface area contributed by atoms with Gasteiger partial charge in [-0.05, 0) is 18.9 Å². The van der Waals surface area contributed by atoms with Gasteiger partial charge in [0, 0.05) is 38.1 Å². The van der Waals surface area contributed by atoms with Gasteiger partial charge in [0.15, 0.2) is 0 Å². The van der Waals surface area contributed by atoms with Crippen LogP contribution in [0.2, 0.25) is 0 Å². The van der Waals surface area contributed by atoms with Gasteiger partial charge in [0.2, 0.25) is 0 Å². The average molecular weight is 263 g/mol. The van der Waals surface area contributed by atoms with Crippen LogP contribution >= 0.6 is 15.9 Å². The molecule has 1 aliphatic heterocycles. The quantitative estimate of drug-likeness (QED) is 0.715. The second-order valence-corrected chi connectivity index (χ2v) is 5.41. The van der Waals surface area contributed by atoms with Crippen molar-refractivity contribution in [2.24, 2.45) is 11.8 Å². The third-order valence-electron chi connectivity index (χ3n) is 3.23. The van der Waals surface area contributed by atoms with Gasteiger partial charge in [0.1, 0.15) is 0 Å². The Labute approximate surface area is 96.8 Å². The van der Waals surface area contributed by atoms with Gasteiger partial charge in [-0.15, -0.1) is 0 Å². The van der Waals surface area contributed by atoms with Gasteiger partial charge in [-0.25, -0.2) is 0 Å². The highest BCUT2D eigenvalue weighted by atomic mass is 79.9. The molecule has 1 rings (SSSR count). The molecule has 14 heavy (non-hydrogen) atoms. The fourth-order valence-electron chi connectivity index (χ4n) is 1.80. The predicted octanol–water partition coefficient (Wildman–Crippen LogP) is 1.90. The summed E-state index contributed by atoms with van der Waals surface area (Å²) in [7, 11) is 2.21. The molecular weight excluding hydrogens is 240 g/mol. The molecule has 0 aromatic carbocycles. The minimum atomic E-state index is 0.786. The zero-order valence-electron chi connectivity index (χ0n) is 9.67. The Hall–Kier alpha value is 0.400. The molecule has 1 unspecified atom stereocenters. The first kappa shape index (κ1) is 12.5. The monoisotopic (exact) mass is 262 g/mol. The number of likely N-dealkylation sites (N-methyl/N-ethyl adjacent to an activating group) is 1. The first-order valence-corrected chi connectivity index (χ1v) is 6.72. The topological polar surface area (TPSA) is 6.48 Å². The Kier molecular flexibility index (Phi) is 5.42. The molecule has 0 aromatic rings. The minimum Gasteiger partial charge on any atom is -0.304 e. The number of hydrogen-bond donors (Lipinski definition) is 0. The van der Waals surface area contributed by atoms with Crippen LogP contribution in [0.4, 0.5) is 0 Å². The fraction of sp³-hybridized carbons (Fsp3) is 1.00. The number of halogens is 1. The van der Waals surface area contributed by atoms with Crippen LogP contribution < -0.4 is 0 Å². The van der Waals surface area contributed by atoms with Crippen LogP contribution in [0.15, 0.2) is 0 Å². The molecule has 0 bridgehead atoms. The largest absolute Gasteiger partial charge is 0.304 e. The van der Waals surface area contributed by atoms with E-state index in [1.54, 1.807) is 0 Å². The van der Waals surface area contributed by atoms with Gasteiger partial charge >= 0.3 is 0 Å². The highest BCUT2D eigenvalue weighted by Crippen LogP contribution is 2.16. The number of hydrogen-bond acceptors (Lipinski definition) is 2. The lowest BCUT2D eigenvalue weighted by molar-refractivity contribution is 0.130. The molecule has 0 saturated carbocycles. The summed E-state index contributed by atoms with van der Waals surface area (Å²) in [5.41, 5.74) is 0. The molecule has 1 fully saturated rings. The zero-order chi connectivity index (χ0) is 10.6. The molecule has 1 atom stereocenters. The zero-order valence-corrected chi connectivity index (χ0v) is 11.3. The molecule has 0 radical (unpaired) electrons. The molecule has 0 N–H and O–H groups in total. The van der Waals surface area contributed by atoms with Crippen molar-refractivity contribution in [1.29, 1.82) is 0 Å². The standard InChI is InChI=1S/C11H23BrN2/c1-10(2)11(8-12)9-14-6-4-13(3)5-7-14/h10-11H,4-9H2,1-3H3. The Morgan fingerprint density at radius 2 is 1.71 bits per heavy atom. The normalized spacial score (nSPS) is 22.9. The second-order valence-electron chi connectivity index (χ2n) is 4.76. The maximum atomic E-state index is 3.62. The lowest BCUT2D eigenvalue weighted by atomic mass is 9.97. The van der Waals surface area contributed by atoms with Crippen molar-refractivity contribution < 1.29 is 0 Å². The third kappa shape index (κ3) is 3.87. The highest BCUT2D eigenvalue weighted by Gasteiger charge is 2.19. The van der Waals surface area contributed by atoms with Crippen molar-refractivity contribution in [3.05, 3.63) is 0 Å². The summed E-state index contributed by atoms with van der Waals surface area (Å²) in [6.07, 6.45) is 0. The summed E-state index contributed by atoms with van der Waals surface area (Å²) in [5, 5.41) is 1.14. The second kappa shape index (κ2) is 6.09. The Morgan fingerprint density at radius 3 is 2.14 bits per heavy atom. The molecule has 0 spiro atoms. The molecule has 1 aliphatic rings. The van der Waals surface area contributed by atoms with Crippen molar-refractivity contribution in [2.75, 3.05) is 45.1 Å². The number of rotatable bonds is 4.